The molecule has 0 aromatic rings. The van der Waals surface area contributed by atoms with Crippen molar-refractivity contribution in [1.82, 2.24) is 0 Å². The summed E-state index contributed by atoms with van der Waals surface area (Å²) in [5.74, 6) is 9.27. The fourth-order valence-electron chi connectivity index (χ4n) is 0.950. The number of aliphatic hydroxyl groups is 1. The maximum atomic E-state index is 8.56. The van der Waals surface area contributed by atoms with Crippen molar-refractivity contribution in [2.45, 2.75) is 32.1 Å². The molecule has 0 aromatic heterocycles. The van der Waals surface area contributed by atoms with Crippen LogP contribution in [0.1, 0.15) is 32.1 Å². The van der Waals surface area contributed by atoms with Crippen LogP contribution in [0.25, 0.3) is 0 Å². The lowest BCUT2D eigenvalue weighted by Gasteiger charge is -2.14. The highest BCUT2D eigenvalue weighted by molar-refractivity contribution is 8.35. The van der Waals surface area contributed by atoms with Gasteiger partial charge in [0.15, 0.2) is 0 Å². The van der Waals surface area contributed by atoms with Gasteiger partial charge in [-0.05, 0) is 31.6 Å². The van der Waals surface area contributed by atoms with Crippen molar-refractivity contribution in [3.63, 3.8) is 0 Å². The molecule has 1 nitrogen and oxygen atoms in total. The summed E-state index contributed by atoms with van der Waals surface area (Å²) in [6, 6.07) is 0. The van der Waals surface area contributed by atoms with Gasteiger partial charge in [-0.1, -0.05) is 23.5 Å². The van der Waals surface area contributed by atoms with E-state index in [-0.39, 0.29) is 0 Å². The first-order valence-electron chi connectivity index (χ1n) is 5.31. The summed E-state index contributed by atoms with van der Waals surface area (Å²) in [6.07, 6.45) is 11.2. The van der Waals surface area contributed by atoms with Crippen LogP contribution in [0.2, 0.25) is 0 Å². The van der Waals surface area contributed by atoms with Gasteiger partial charge in [-0.25, -0.2) is 0 Å². The van der Waals surface area contributed by atoms with Crippen molar-refractivity contribution in [3.8, 4) is 23.0 Å². The van der Waals surface area contributed by atoms with Crippen molar-refractivity contribution < 1.29 is 5.11 Å². The highest BCUT2D eigenvalue weighted by Crippen LogP contribution is 2.32. The van der Waals surface area contributed by atoms with E-state index >= 15 is 0 Å². The molecule has 0 saturated heterocycles. The minimum Gasteiger partial charge on any atom is -0.396 e. The van der Waals surface area contributed by atoms with E-state index in [1.54, 1.807) is 0 Å². The fraction of sp³-hybridized carbons (Fsp3) is 0.692. The lowest BCUT2D eigenvalue weighted by atomic mass is 10.2. The maximum Gasteiger partial charge on any atom is 0.0711 e. The van der Waals surface area contributed by atoms with Crippen LogP contribution in [0.4, 0.5) is 0 Å². The van der Waals surface area contributed by atoms with Crippen LogP contribution in [0.3, 0.4) is 0 Å². The number of rotatable bonds is 4. The molecule has 86 valence electrons. The Hall–Kier alpha value is -0.570. The molecule has 0 spiro atoms. The van der Waals surface area contributed by atoms with Crippen LogP contribution in [0.5, 0.6) is 0 Å². The summed E-state index contributed by atoms with van der Waals surface area (Å²) in [4.78, 5) is 0. The molecule has 0 aliphatic carbocycles. The van der Waals surface area contributed by atoms with Gasteiger partial charge < -0.3 is 5.11 Å². The molecule has 1 N–H and O–H groups in total. The monoisotopic (exact) mass is 226 g/mol. The quantitative estimate of drug-likeness (QED) is 0.577. The van der Waals surface area contributed by atoms with Gasteiger partial charge in [-0.2, -0.15) is 10.0 Å². The normalized spacial score (nSPS) is 10.9. The molecule has 0 unspecified atom stereocenters. The molecule has 2 heteroatoms. The second-order valence-electron chi connectivity index (χ2n) is 4.18. The fourth-order valence-corrected chi connectivity index (χ4v) is 1.45. The molecule has 15 heavy (non-hydrogen) atoms. The smallest absolute Gasteiger partial charge is 0.0711 e. The molecule has 0 aliphatic heterocycles. The van der Waals surface area contributed by atoms with E-state index in [0.29, 0.717) is 13.0 Å². The van der Waals surface area contributed by atoms with Crippen molar-refractivity contribution in [3.05, 3.63) is 0 Å². The molecule has 0 rings (SSSR count). The van der Waals surface area contributed by atoms with Crippen LogP contribution in [-0.4, -0.2) is 30.5 Å². The van der Waals surface area contributed by atoms with Crippen molar-refractivity contribution >= 4 is 10.0 Å². The molecule has 0 radical (unpaired) electrons. The first-order valence-corrected chi connectivity index (χ1v) is 8.16. The van der Waals surface area contributed by atoms with Gasteiger partial charge in [0.25, 0.3) is 0 Å². The molecular weight excluding hydrogens is 204 g/mol. The summed E-state index contributed by atoms with van der Waals surface area (Å²) in [5, 5.41) is 11.8. The third-order valence-corrected chi connectivity index (χ3v) is 2.40. The molecule has 0 aliphatic rings. The lowest BCUT2D eigenvalue weighted by molar-refractivity contribution is 0.283. The standard InChI is InChI=1S/C13H22OS/c1-15(2,3)13-11-9-7-5-4-6-8-10-12-14/h14H,4,6,8-10,12H2,1-3H3. The van der Waals surface area contributed by atoms with Gasteiger partial charge in [0.05, 0.1) is 6.42 Å². The third kappa shape index (κ3) is 13.4. The first-order chi connectivity index (χ1) is 7.06. The number of hydrogen-bond donors (Lipinski definition) is 1. The SMILES string of the molecule is CS(C)(C)C#CCC#CCCCCCO. The summed E-state index contributed by atoms with van der Waals surface area (Å²) in [7, 11) is -0.686. The van der Waals surface area contributed by atoms with E-state index in [4.69, 9.17) is 5.11 Å². The van der Waals surface area contributed by atoms with Crippen molar-refractivity contribution in [2.24, 2.45) is 0 Å². The predicted octanol–water partition coefficient (Wildman–Crippen LogP) is 2.59. The number of unbranched alkanes of at least 4 members (excludes halogenated alkanes) is 3. The number of aliphatic hydroxyl groups excluding tert-OH is 1. The van der Waals surface area contributed by atoms with Crippen LogP contribution in [0.15, 0.2) is 0 Å². The van der Waals surface area contributed by atoms with E-state index in [0.717, 1.165) is 25.7 Å². The van der Waals surface area contributed by atoms with Gasteiger partial charge in [0.1, 0.15) is 0 Å². The van der Waals surface area contributed by atoms with Gasteiger partial charge in [-0.15, -0.1) is 5.92 Å². The summed E-state index contributed by atoms with van der Waals surface area (Å²) in [5.41, 5.74) is 0. The van der Waals surface area contributed by atoms with E-state index in [1.165, 1.54) is 0 Å². The van der Waals surface area contributed by atoms with Crippen LogP contribution in [-0.2, 0) is 0 Å². The topological polar surface area (TPSA) is 20.2 Å². The second kappa shape index (κ2) is 8.72. The second-order valence-corrected chi connectivity index (χ2v) is 8.06. The minimum absolute atomic E-state index is 0.299. The molecule has 0 atom stereocenters. The Morgan fingerprint density at radius 2 is 1.67 bits per heavy atom. The molecule has 0 fully saturated rings. The molecular formula is C13H22OS. The Morgan fingerprint density at radius 3 is 2.27 bits per heavy atom. The Bertz CT molecular complexity index is 267. The van der Waals surface area contributed by atoms with E-state index in [9.17, 15) is 0 Å². The van der Waals surface area contributed by atoms with Crippen LogP contribution >= 0.6 is 10.0 Å². The average molecular weight is 226 g/mol. The largest absolute Gasteiger partial charge is 0.396 e. The Balaban J connectivity index is 3.50. The first kappa shape index (κ1) is 14.4. The Morgan fingerprint density at radius 1 is 0.933 bits per heavy atom. The van der Waals surface area contributed by atoms with Gasteiger partial charge in [0.2, 0.25) is 0 Å². The minimum atomic E-state index is -0.686. The van der Waals surface area contributed by atoms with Gasteiger partial charge >= 0.3 is 0 Å². The predicted molar refractivity (Wildman–Crippen MR) is 71.1 cm³/mol. The molecule has 0 bridgehead atoms. The maximum absolute atomic E-state index is 8.56. The van der Waals surface area contributed by atoms with E-state index < -0.39 is 10.0 Å². The molecule has 0 saturated carbocycles. The molecule has 0 amide bonds. The van der Waals surface area contributed by atoms with Gasteiger partial charge in [-0.3, -0.25) is 0 Å². The summed E-state index contributed by atoms with van der Waals surface area (Å²) < 4.78 is 0. The zero-order chi connectivity index (χ0) is 11.6. The van der Waals surface area contributed by atoms with Crippen molar-refractivity contribution in [1.29, 1.82) is 0 Å². The van der Waals surface area contributed by atoms with E-state index in [2.05, 4.69) is 41.8 Å². The van der Waals surface area contributed by atoms with Crippen molar-refractivity contribution in [2.75, 3.05) is 25.4 Å². The highest BCUT2D eigenvalue weighted by Gasteiger charge is 1.94. The summed E-state index contributed by atoms with van der Waals surface area (Å²) >= 11 is 0. The molecule has 0 heterocycles. The Kier molecular flexibility index (Phi) is 8.38. The highest BCUT2D eigenvalue weighted by atomic mass is 32.3. The summed E-state index contributed by atoms with van der Waals surface area (Å²) in [6.45, 7) is 0.299. The average Bonchev–Trinajstić information content (AvgIpc) is 2.14. The number of hydrogen-bond acceptors (Lipinski definition) is 1. The van der Waals surface area contributed by atoms with E-state index in [1.807, 2.05) is 0 Å². The zero-order valence-electron chi connectivity index (χ0n) is 10.1. The Labute approximate surface area is 96.0 Å². The van der Waals surface area contributed by atoms with Gasteiger partial charge in [0, 0.05) is 13.0 Å². The molecule has 0 aromatic carbocycles. The zero-order valence-corrected chi connectivity index (χ0v) is 10.9. The third-order valence-electron chi connectivity index (χ3n) is 1.64. The van der Waals surface area contributed by atoms with Crippen LogP contribution in [0, 0.1) is 23.0 Å². The lowest BCUT2D eigenvalue weighted by Crippen LogP contribution is -1.84. The van der Waals surface area contributed by atoms with Crippen LogP contribution < -0.4 is 0 Å².